The number of carboxylic acids is 1. The number of ether oxygens (including phenoxy) is 1. The molecule has 1 atom stereocenters. The standard InChI is InChI=1S/C12H21N3O6/c1-4-15(2)9(16)7-13-12(20)14-8(11(18)19)5-6-10(17)21-3/h8H,4-7H2,1-3H3,(H,18,19)(H2,13,14,20)/t8-/m1/s1. The van der Waals surface area contributed by atoms with Crippen LogP contribution in [0.25, 0.3) is 0 Å². The number of carbonyl (C=O) groups excluding carboxylic acids is 3. The van der Waals surface area contributed by atoms with Crippen LogP contribution < -0.4 is 10.6 Å². The lowest BCUT2D eigenvalue weighted by atomic mass is 10.1. The van der Waals surface area contributed by atoms with Crippen molar-refractivity contribution < 1.29 is 29.0 Å². The number of carboxylic acid groups (broad SMARTS) is 1. The van der Waals surface area contributed by atoms with E-state index >= 15 is 0 Å². The molecule has 9 heteroatoms. The number of esters is 1. The first kappa shape index (κ1) is 18.7. The molecule has 0 radical (unpaired) electrons. The Balaban J connectivity index is 4.26. The maximum atomic E-state index is 11.5. The number of urea groups is 1. The van der Waals surface area contributed by atoms with Crippen molar-refractivity contribution in [1.29, 1.82) is 0 Å². The van der Waals surface area contributed by atoms with Crippen molar-refractivity contribution in [2.75, 3.05) is 27.2 Å². The molecule has 3 N–H and O–H groups in total. The quantitative estimate of drug-likeness (QED) is 0.503. The van der Waals surface area contributed by atoms with Crippen LogP contribution in [0.3, 0.4) is 0 Å². The minimum absolute atomic E-state index is 0.0990. The molecule has 0 rings (SSSR count). The van der Waals surface area contributed by atoms with E-state index in [9.17, 15) is 19.2 Å². The monoisotopic (exact) mass is 303 g/mol. The van der Waals surface area contributed by atoms with Gasteiger partial charge in [-0.1, -0.05) is 0 Å². The first-order valence-electron chi connectivity index (χ1n) is 6.39. The molecule has 0 bridgehead atoms. The summed E-state index contributed by atoms with van der Waals surface area (Å²) in [6.45, 7) is 2.05. The molecule has 0 fully saturated rings. The molecule has 0 saturated carbocycles. The molecule has 0 aromatic carbocycles. The Morgan fingerprint density at radius 3 is 2.38 bits per heavy atom. The van der Waals surface area contributed by atoms with E-state index in [0.717, 1.165) is 0 Å². The van der Waals surface area contributed by atoms with Crippen LogP contribution in [-0.4, -0.2) is 67.2 Å². The first-order chi connectivity index (χ1) is 9.81. The van der Waals surface area contributed by atoms with Crippen LogP contribution in [0.1, 0.15) is 19.8 Å². The zero-order chi connectivity index (χ0) is 16.4. The highest BCUT2D eigenvalue weighted by atomic mass is 16.5. The van der Waals surface area contributed by atoms with Crippen LogP contribution in [0.4, 0.5) is 4.79 Å². The average molecular weight is 303 g/mol. The summed E-state index contributed by atoms with van der Waals surface area (Å²) in [5, 5.41) is 13.4. The fourth-order valence-corrected chi connectivity index (χ4v) is 1.30. The molecule has 0 saturated heterocycles. The van der Waals surface area contributed by atoms with Gasteiger partial charge in [0.05, 0.1) is 13.7 Å². The molecular weight excluding hydrogens is 282 g/mol. The molecule has 9 nitrogen and oxygen atoms in total. The van der Waals surface area contributed by atoms with Crippen molar-refractivity contribution in [3.63, 3.8) is 0 Å². The molecule has 0 unspecified atom stereocenters. The SMILES string of the molecule is CCN(C)C(=O)CNC(=O)N[C@H](CCC(=O)OC)C(=O)O. The van der Waals surface area contributed by atoms with E-state index in [1.807, 2.05) is 0 Å². The lowest BCUT2D eigenvalue weighted by Gasteiger charge is -2.17. The maximum absolute atomic E-state index is 11.5. The van der Waals surface area contributed by atoms with E-state index in [4.69, 9.17) is 5.11 Å². The Morgan fingerprint density at radius 1 is 1.29 bits per heavy atom. The van der Waals surface area contributed by atoms with Gasteiger partial charge in [-0.3, -0.25) is 9.59 Å². The van der Waals surface area contributed by atoms with Crippen LogP contribution in [0.2, 0.25) is 0 Å². The molecule has 0 aliphatic carbocycles. The van der Waals surface area contributed by atoms with E-state index in [2.05, 4.69) is 15.4 Å². The van der Waals surface area contributed by atoms with E-state index in [-0.39, 0.29) is 25.3 Å². The van der Waals surface area contributed by atoms with Gasteiger partial charge in [-0.2, -0.15) is 0 Å². The zero-order valence-corrected chi connectivity index (χ0v) is 12.3. The zero-order valence-electron chi connectivity index (χ0n) is 12.3. The van der Waals surface area contributed by atoms with Crippen molar-refractivity contribution in [1.82, 2.24) is 15.5 Å². The number of amides is 3. The number of hydrogen-bond acceptors (Lipinski definition) is 5. The number of hydrogen-bond donors (Lipinski definition) is 3. The molecule has 21 heavy (non-hydrogen) atoms. The van der Waals surface area contributed by atoms with Crippen LogP contribution in [-0.2, 0) is 19.1 Å². The number of aliphatic carboxylic acids is 1. The van der Waals surface area contributed by atoms with Gasteiger partial charge in [0, 0.05) is 20.0 Å². The number of likely N-dealkylation sites (N-methyl/N-ethyl adjacent to an activating group) is 1. The summed E-state index contributed by atoms with van der Waals surface area (Å²) in [5.74, 6) is -2.14. The Kier molecular flexibility index (Phi) is 8.51. The van der Waals surface area contributed by atoms with Gasteiger partial charge < -0.3 is 25.4 Å². The molecule has 0 aliphatic heterocycles. The van der Waals surface area contributed by atoms with Gasteiger partial charge in [-0.25, -0.2) is 9.59 Å². The summed E-state index contributed by atoms with van der Waals surface area (Å²) >= 11 is 0. The van der Waals surface area contributed by atoms with Crippen molar-refractivity contribution in [3.8, 4) is 0 Å². The average Bonchev–Trinajstić information content (AvgIpc) is 2.47. The summed E-state index contributed by atoms with van der Waals surface area (Å²) in [6.07, 6.45) is -0.233. The first-order valence-corrected chi connectivity index (χ1v) is 6.39. The number of nitrogens with one attached hydrogen (secondary N) is 2. The van der Waals surface area contributed by atoms with E-state index in [1.54, 1.807) is 14.0 Å². The van der Waals surface area contributed by atoms with Crippen molar-refractivity contribution in [2.24, 2.45) is 0 Å². The number of rotatable bonds is 8. The lowest BCUT2D eigenvalue weighted by Crippen LogP contribution is -2.48. The third-order valence-corrected chi connectivity index (χ3v) is 2.77. The van der Waals surface area contributed by atoms with E-state index < -0.39 is 24.0 Å². The molecule has 0 heterocycles. The summed E-state index contributed by atoms with van der Waals surface area (Å²) in [7, 11) is 2.77. The van der Waals surface area contributed by atoms with Gasteiger partial charge in [0.2, 0.25) is 5.91 Å². The topological polar surface area (TPSA) is 125 Å². The third-order valence-electron chi connectivity index (χ3n) is 2.77. The molecule has 0 aromatic rings. The highest BCUT2D eigenvalue weighted by Gasteiger charge is 2.21. The number of methoxy groups -OCH3 is 1. The van der Waals surface area contributed by atoms with Crippen LogP contribution in [0.15, 0.2) is 0 Å². The summed E-state index contributed by atoms with van der Waals surface area (Å²) in [5.41, 5.74) is 0. The third kappa shape index (κ3) is 7.75. The number of carbonyl (C=O) groups is 4. The molecule has 120 valence electrons. The van der Waals surface area contributed by atoms with Crippen molar-refractivity contribution >= 4 is 23.9 Å². The van der Waals surface area contributed by atoms with Gasteiger partial charge in [-0.15, -0.1) is 0 Å². The minimum atomic E-state index is -1.27. The fraction of sp³-hybridized carbons (Fsp3) is 0.667. The minimum Gasteiger partial charge on any atom is -0.480 e. The summed E-state index contributed by atoms with van der Waals surface area (Å²) in [4.78, 5) is 46.3. The van der Waals surface area contributed by atoms with Gasteiger partial charge in [0.25, 0.3) is 0 Å². The normalized spacial score (nSPS) is 11.2. The molecule has 0 spiro atoms. The predicted molar refractivity (Wildman–Crippen MR) is 72.5 cm³/mol. The van der Waals surface area contributed by atoms with Gasteiger partial charge in [0.1, 0.15) is 6.04 Å². The Hall–Kier alpha value is -2.32. The predicted octanol–water partition coefficient (Wildman–Crippen LogP) is -0.830. The van der Waals surface area contributed by atoms with Gasteiger partial charge >= 0.3 is 18.0 Å². The van der Waals surface area contributed by atoms with Crippen LogP contribution in [0, 0.1) is 0 Å². The fourth-order valence-electron chi connectivity index (χ4n) is 1.30. The van der Waals surface area contributed by atoms with E-state index in [0.29, 0.717) is 6.54 Å². The number of nitrogens with zero attached hydrogens (tertiary/aromatic N) is 1. The summed E-state index contributed by atoms with van der Waals surface area (Å²) < 4.78 is 4.39. The second-order valence-electron chi connectivity index (χ2n) is 4.24. The largest absolute Gasteiger partial charge is 0.480 e. The Morgan fingerprint density at radius 2 is 1.90 bits per heavy atom. The highest BCUT2D eigenvalue weighted by Crippen LogP contribution is 1.99. The lowest BCUT2D eigenvalue weighted by molar-refractivity contribution is -0.142. The molecule has 3 amide bonds. The van der Waals surface area contributed by atoms with Crippen LogP contribution in [0.5, 0.6) is 0 Å². The Labute approximate surface area is 122 Å². The maximum Gasteiger partial charge on any atom is 0.326 e. The summed E-state index contributed by atoms with van der Waals surface area (Å²) in [6, 6.07) is -2.02. The Bertz CT molecular complexity index is 398. The van der Waals surface area contributed by atoms with E-state index in [1.165, 1.54) is 12.0 Å². The molecule has 0 aliphatic rings. The second kappa shape index (κ2) is 9.56. The molecule has 0 aromatic heterocycles. The molecular formula is C12H21N3O6. The second-order valence-corrected chi connectivity index (χ2v) is 4.24. The van der Waals surface area contributed by atoms with Crippen molar-refractivity contribution in [3.05, 3.63) is 0 Å². The smallest absolute Gasteiger partial charge is 0.326 e. The van der Waals surface area contributed by atoms with Gasteiger partial charge in [0.15, 0.2) is 0 Å². The van der Waals surface area contributed by atoms with Crippen LogP contribution >= 0.6 is 0 Å². The van der Waals surface area contributed by atoms with Gasteiger partial charge in [-0.05, 0) is 13.3 Å². The highest BCUT2D eigenvalue weighted by molar-refractivity contribution is 5.86. The van der Waals surface area contributed by atoms with Crippen molar-refractivity contribution in [2.45, 2.75) is 25.8 Å².